The number of H-pyrrole nitrogens is 1. The minimum absolute atomic E-state index is 0.0591. The molecule has 0 spiro atoms. The van der Waals surface area contributed by atoms with Crippen molar-refractivity contribution in [2.75, 3.05) is 5.73 Å². The number of sulfonamides is 1. The molecule has 2 fully saturated rings. The van der Waals surface area contributed by atoms with Crippen LogP contribution in [0.2, 0.25) is 0 Å². The third-order valence-corrected chi connectivity index (χ3v) is 4.96. The number of nitrogen functional groups attached to an aromatic ring is 1. The Bertz CT molecular complexity index is 504. The summed E-state index contributed by atoms with van der Waals surface area (Å²) in [6, 6.07) is 0.0919. The molecule has 6 nitrogen and oxygen atoms in total. The molecule has 3 rings (SSSR count). The molecule has 94 valence electrons. The van der Waals surface area contributed by atoms with E-state index < -0.39 is 10.0 Å². The summed E-state index contributed by atoms with van der Waals surface area (Å²) in [6.45, 7) is 0. The average molecular weight is 256 g/mol. The monoisotopic (exact) mass is 256 g/mol. The molecule has 0 unspecified atom stereocenters. The van der Waals surface area contributed by atoms with Crippen LogP contribution in [-0.2, 0) is 10.0 Å². The number of rotatable bonds is 5. The van der Waals surface area contributed by atoms with Crippen LogP contribution in [0.25, 0.3) is 0 Å². The predicted molar refractivity (Wildman–Crippen MR) is 62.6 cm³/mol. The normalized spacial score (nSPS) is 21.0. The van der Waals surface area contributed by atoms with Crippen molar-refractivity contribution in [2.24, 2.45) is 11.8 Å². The van der Waals surface area contributed by atoms with Gasteiger partial charge >= 0.3 is 0 Å². The summed E-state index contributed by atoms with van der Waals surface area (Å²) in [5.74, 6) is 1.14. The summed E-state index contributed by atoms with van der Waals surface area (Å²) < 4.78 is 27.1. The molecule has 7 heteroatoms. The molecule has 1 aromatic rings. The summed E-state index contributed by atoms with van der Waals surface area (Å²) in [6.07, 6.45) is 5.78. The van der Waals surface area contributed by atoms with Crippen LogP contribution < -0.4 is 10.5 Å². The van der Waals surface area contributed by atoms with Crippen LogP contribution in [0.3, 0.4) is 0 Å². The molecule has 0 aliphatic heterocycles. The summed E-state index contributed by atoms with van der Waals surface area (Å²) in [5.41, 5.74) is 5.55. The number of hydrogen-bond acceptors (Lipinski definition) is 4. The van der Waals surface area contributed by atoms with Gasteiger partial charge in [-0.2, -0.15) is 5.10 Å². The lowest BCUT2D eigenvalue weighted by Gasteiger charge is -2.17. The molecule has 0 atom stereocenters. The third kappa shape index (κ3) is 2.16. The molecule has 0 aromatic carbocycles. The van der Waals surface area contributed by atoms with Crippen molar-refractivity contribution in [1.29, 1.82) is 0 Å². The average Bonchev–Trinajstić information content (AvgIpc) is 3.15. The first-order valence-corrected chi connectivity index (χ1v) is 7.37. The van der Waals surface area contributed by atoms with E-state index in [4.69, 9.17) is 5.73 Å². The Labute approximate surface area is 100 Å². The van der Waals surface area contributed by atoms with Gasteiger partial charge < -0.3 is 5.73 Å². The maximum atomic E-state index is 12.1. The van der Waals surface area contributed by atoms with Gasteiger partial charge in [0, 0.05) is 6.04 Å². The molecule has 1 heterocycles. The molecule has 17 heavy (non-hydrogen) atoms. The van der Waals surface area contributed by atoms with Crippen molar-refractivity contribution in [1.82, 2.24) is 14.9 Å². The highest BCUT2D eigenvalue weighted by atomic mass is 32.2. The zero-order chi connectivity index (χ0) is 12.0. The SMILES string of the molecule is Nc1[nH]ncc1S(=O)(=O)NC(C1CC1)C1CC1. The zero-order valence-electron chi connectivity index (χ0n) is 9.39. The van der Waals surface area contributed by atoms with Crippen molar-refractivity contribution in [3.63, 3.8) is 0 Å². The molecule has 1 aromatic heterocycles. The van der Waals surface area contributed by atoms with Crippen LogP contribution in [0, 0.1) is 11.8 Å². The molecule has 2 aliphatic carbocycles. The summed E-state index contributed by atoms with van der Waals surface area (Å²) in [5, 5.41) is 6.09. The first kappa shape index (κ1) is 11.0. The molecular weight excluding hydrogens is 240 g/mol. The summed E-state index contributed by atoms with van der Waals surface area (Å²) in [4.78, 5) is 0.0591. The van der Waals surface area contributed by atoms with E-state index in [-0.39, 0.29) is 16.8 Å². The molecular formula is C10H16N4O2S. The van der Waals surface area contributed by atoms with Crippen LogP contribution in [0.1, 0.15) is 25.7 Å². The van der Waals surface area contributed by atoms with Gasteiger partial charge in [0.1, 0.15) is 10.7 Å². The topological polar surface area (TPSA) is 101 Å². The number of nitrogens with two attached hydrogens (primary N) is 1. The van der Waals surface area contributed by atoms with Gasteiger partial charge in [0.15, 0.2) is 0 Å². The Morgan fingerprint density at radius 2 is 1.94 bits per heavy atom. The minimum Gasteiger partial charge on any atom is -0.383 e. The highest BCUT2D eigenvalue weighted by Gasteiger charge is 2.43. The van der Waals surface area contributed by atoms with Gasteiger partial charge in [0.05, 0.1) is 6.20 Å². The highest BCUT2D eigenvalue weighted by molar-refractivity contribution is 7.89. The van der Waals surface area contributed by atoms with E-state index in [1.165, 1.54) is 6.20 Å². The van der Waals surface area contributed by atoms with Crippen LogP contribution >= 0.6 is 0 Å². The maximum absolute atomic E-state index is 12.1. The first-order chi connectivity index (χ1) is 8.08. The van der Waals surface area contributed by atoms with Crippen LogP contribution in [0.15, 0.2) is 11.1 Å². The molecule has 2 aliphatic rings. The van der Waals surface area contributed by atoms with Crippen LogP contribution in [-0.4, -0.2) is 24.7 Å². The van der Waals surface area contributed by atoms with Gasteiger partial charge in [-0.3, -0.25) is 5.10 Å². The maximum Gasteiger partial charge on any atom is 0.246 e. The van der Waals surface area contributed by atoms with E-state index in [0.717, 1.165) is 25.7 Å². The Morgan fingerprint density at radius 1 is 1.35 bits per heavy atom. The molecule has 2 saturated carbocycles. The van der Waals surface area contributed by atoms with Gasteiger partial charge in [0.25, 0.3) is 0 Å². The fraction of sp³-hybridized carbons (Fsp3) is 0.700. The van der Waals surface area contributed by atoms with Gasteiger partial charge in [0.2, 0.25) is 10.0 Å². The summed E-state index contributed by atoms with van der Waals surface area (Å²) in [7, 11) is -3.53. The van der Waals surface area contributed by atoms with Gasteiger partial charge in [-0.15, -0.1) is 0 Å². The Kier molecular flexibility index (Phi) is 2.41. The van der Waals surface area contributed by atoms with Crippen molar-refractivity contribution in [2.45, 2.75) is 36.6 Å². The largest absolute Gasteiger partial charge is 0.383 e. The fourth-order valence-electron chi connectivity index (χ4n) is 2.23. The van der Waals surface area contributed by atoms with Crippen molar-refractivity contribution >= 4 is 15.8 Å². The number of hydrogen-bond donors (Lipinski definition) is 3. The zero-order valence-corrected chi connectivity index (χ0v) is 10.2. The molecule has 0 amide bonds. The Hall–Kier alpha value is -1.08. The summed E-state index contributed by atoms with van der Waals surface area (Å²) >= 11 is 0. The second-order valence-electron chi connectivity index (χ2n) is 4.97. The van der Waals surface area contributed by atoms with Gasteiger partial charge in [-0.1, -0.05) is 0 Å². The van der Waals surface area contributed by atoms with E-state index in [1.54, 1.807) is 0 Å². The quantitative estimate of drug-likeness (QED) is 0.712. The van der Waals surface area contributed by atoms with Gasteiger partial charge in [-0.05, 0) is 37.5 Å². The van der Waals surface area contributed by atoms with E-state index >= 15 is 0 Å². The van der Waals surface area contributed by atoms with Crippen LogP contribution in [0.5, 0.6) is 0 Å². The van der Waals surface area contributed by atoms with E-state index in [0.29, 0.717) is 11.8 Å². The minimum atomic E-state index is -3.53. The molecule has 4 N–H and O–H groups in total. The number of aromatic amines is 1. The molecule has 0 radical (unpaired) electrons. The highest BCUT2D eigenvalue weighted by Crippen LogP contribution is 2.45. The second kappa shape index (κ2) is 3.71. The van der Waals surface area contributed by atoms with Gasteiger partial charge in [-0.25, -0.2) is 13.1 Å². The second-order valence-corrected chi connectivity index (χ2v) is 6.65. The number of nitrogens with zero attached hydrogens (tertiary/aromatic N) is 1. The fourth-order valence-corrected chi connectivity index (χ4v) is 3.63. The molecule has 0 bridgehead atoms. The van der Waals surface area contributed by atoms with Crippen LogP contribution in [0.4, 0.5) is 5.82 Å². The van der Waals surface area contributed by atoms with E-state index in [9.17, 15) is 8.42 Å². The first-order valence-electron chi connectivity index (χ1n) is 5.89. The lowest BCUT2D eigenvalue weighted by atomic mass is 10.1. The lowest BCUT2D eigenvalue weighted by Crippen LogP contribution is -2.38. The number of anilines is 1. The lowest BCUT2D eigenvalue weighted by molar-refractivity contribution is 0.471. The Balaban J connectivity index is 1.81. The van der Waals surface area contributed by atoms with E-state index in [1.807, 2.05) is 0 Å². The van der Waals surface area contributed by atoms with Crippen molar-refractivity contribution in [3.05, 3.63) is 6.20 Å². The molecule has 0 saturated heterocycles. The third-order valence-electron chi connectivity index (χ3n) is 3.47. The standard InChI is InChI=1S/C10H16N4O2S/c11-10-8(5-12-13-10)17(15,16)14-9(6-1-2-6)7-3-4-7/h5-7,9,14H,1-4H2,(H3,11,12,13). The Morgan fingerprint density at radius 3 is 2.35 bits per heavy atom. The van der Waals surface area contributed by atoms with Crippen molar-refractivity contribution < 1.29 is 8.42 Å². The van der Waals surface area contributed by atoms with E-state index in [2.05, 4.69) is 14.9 Å². The number of aromatic nitrogens is 2. The predicted octanol–water partition coefficient (Wildman–Crippen LogP) is 0.459. The van der Waals surface area contributed by atoms with Crippen molar-refractivity contribution in [3.8, 4) is 0 Å². The number of nitrogens with one attached hydrogen (secondary N) is 2. The smallest absolute Gasteiger partial charge is 0.246 e.